The van der Waals surface area contributed by atoms with Crippen molar-refractivity contribution in [2.45, 2.75) is 32.0 Å². The molecular formula is C35H32F3N5O3. The Kier molecular flexibility index (Phi) is 9.00. The molecular weight excluding hydrogens is 595 g/mol. The number of fused-ring (bicyclic) bond motifs is 1. The zero-order valence-corrected chi connectivity index (χ0v) is 25.2. The summed E-state index contributed by atoms with van der Waals surface area (Å²) < 4.78 is 41.0. The number of benzene rings is 3. The Morgan fingerprint density at radius 1 is 0.978 bits per heavy atom. The molecule has 1 saturated heterocycles. The van der Waals surface area contributed by atoms with E-state index in [1.807, 2.05) is 34.1 Å². The molecule has 8 nitrogen and oxygen atoms in total. The lowest BCUT2D eigenvalue weighted by molar-refractivity contribution is -0.137. The highest BCUT2D eigenvalue weighted by molar-refractivity contribution is 6.01. The molecule has 0 bridgehead atoms. The van der Waals surface area contributed by atoms with Gasteiger partial charge in [-0.2, -0.15) is 13.2 Å². The third-order valence-corrected chi connectivity index (χ3v) is 8.05. The number of hydrogen-bond donors (Lipinski definition) is 3. The predicted octanol–water partition coefficient (Wildman–Crippen LogP) is 6.00. The summed E-state index contributed by atoms with van der Waals surface area (Å²) in [4.78, 5) is 39.7. The molecule has 0 saturated carbocycles. The van der Waals surface area contributed by atoms with Crippen LogP contribution < -0.4 is 20.4 Å². The van der Waals surface area contributed by atoms with E-state index in [1.54, 1.807) is 32.0 Å². The molecule has 0 radical (unpaired) electrons. The third kappa shape index (κ3) is 6.81. The van der Waals surface area contributed by atoms with Gasteiger partial charge in [-0.05, 0) is 68.3 Å². The van der Waals surface area contributed by atoms with Gasteiger partial charge in [0.05, 0.1) is 28.4 Å². The molecule has 1 amide bonds. The topological polar surface area (TPSA) is 106 Å². The van der Waals surface area contributed by atoms with Crippen molar-refractivity contribution in [1.29, 1.82) is 5.41 Å². The van der Waals surface area contributed by atoms with Gasteiger partial charge in [0, 0.05) is 54.6 Å². The molecule has 2 heterocycles. The summed E-state index contributed by atoms with van der Waals surface area (Å²) in [6.45, 7) is 4.92. The van der Waals surface area contributed by atoms with Crippen molar-refractivity contribution in [3.8, 4) is 11.8 Å². The first-order chi connectivity index (χ1) is 21.9. The minimum atomic E-state index is -4.59. The van der Waals surface area contributed by atoms with E-state index in [0.29, 0.717) is 54.6 Å². The van der Waals surface area contributed by atoms with Gasteiger partial charge >= 0.3 is 6.18 Å². The average molecular weight is 628 g/mol. The minimum Gasteiger partial charge on any atom is -0.377 e. The maximum absolute atomic E-state index is 13.7. The lowest BCUT2D eigenvalue weighted by Crippen LogP contribution is -2.47. The van der Waals surface area contributed by atoms with Crippen LogP contribution in [0.25, 0.3) is 0 Å². The van der Waals surface area contributed by atoms with E-state index in [2.05, 4.69) is 22.5 Å². The van der Waals surface area contributed by atoms with Gasteiger partial charge in [-0.3, -0.25) is 14.4 Å². The van der Waals surface area contributed by atoms with Crippen LogP contribution in [0.3, 0.4) is 0 Å². The first-order valence-corrected chi connectivity index (χ1v) is 14.6. The van der Waals surface area contributed by atoms with Crippen LogP contribution in [-0.4, -0.2) is 49.9 Å². The molecule has 0 atom stereocenters. The first-order valence-electron chi connectivity index (χ1n) is 14.6. The van der Waals surface area contributed by atoms with Crippen molar-refractivity contribution in [1.82, 2.24) is 5.32 Å². The lowest BCUT2D eigenvalue weighted by Gasteiger charge is -2.38. The van der Waals surface area contributed by atoms with Gasteiger partial charge in [-0.1, -0.05) is 30.0 Å². The van der Waals surface area contributed by atoms with Gasteiger partial charge in [0.25, 0.3) is 0 Å². The summed E-state index contributed by atoms with van der Waals surface area (Å²) in [7, 11) is 0. The summed E-state index contributed by atoms with van der Waals surface area (Å²) in [6.07, 6.45) is -0.0942. The zero-order valence-electron chi connectivity index (χ0n) is 25.2. The quantitative estimate of drug-likeness (QED) is 0.153. The van der Waals surface area contributed by atoms with Crippen molar-refractivity contribution in [2.75, 3.05) is 34.8 Å². The number of carbonyl (C=O) groups excluding carboxylic acids is 3. The minimum absolute atomic E-state index is 0.000125. The first kappa shape index (κ1) is 32.0. The fourth-order valence-electron chi connectivity index (χ4n) is 5.29. The predicted molar refractivity (Wildman–Crippen MR) is 172 cm³/mol. The van der Waals surface area contributed by atoms with Crippen molar-refractivity contribution in [2.24, 2.45) is 5.92 Å². The smallest absolute Gasteiger partial charge is 0.377 e. The van der Waals surface area contributed by atoms with Crippen LogP contribution in [0, 0.1) is 23.2 Å². The summed E-state index contributed by atoms with van der Waals surface area (Å²) in [5, 5.41) is 13.4. The van der Waals surface area contributed by atoms with E-state index >= 15 is 0 Å². The van der Waals surface area contributed by atoms with Gasteiger partial charge in [-0.15, -0.1) is 0 Å². The van der Waals surface area contributed by atoms with E-state index in [1.165, 1.54) is 12.3 Å². The number of nitrogens with zero attached hydrogens (tertiary/aromatic N) is 2. The Morgan fingerprint density at radius 3 is 2.41 bits per heavy atom. The molecule has 3 aromatic rings. The van der Waals surface area contributed by atoms with E-state index in [0.717, 1.165) is 41.7 Å². The molecule has 2 aliphatic rings. The molecule has 0 aliphatic carbocycles. The maximum Gasteiger partial charge on any atom is 0.416 e. The summed E-state index contributed by atoms with van der Waals surface area (Å²) in [5.74, 6) is 5.47. The third-order valence-electron chi connectivity index (χ3n) is 8.05. The van der Waals surface area contributed by atoms with Gasteiger partial charge < -0.3 is 25.8 Å². The number of rotatable bonds is 9. The number of halogens is 3. The van der Waals surface area contributed by atoms with Crippen LogP contribution in [0.5, 0.6) is 0 Å². The summed E-state index contributed by atoms with van der Waals surface area (Å²) in [6, 6.07) is 16.0. The number of alkyl halides is 3. The Labute approximate surface area is 264 Å². The molecule has 3 aromatic carbocycles. The van der Waals surface area contributed by atoms with Crippen LogP contribution in [0.2, 0.25) is 0 Å². The largest absolute Gasteiger partial charge is 0.416 e. The molecule has 236 valence electrons. The Bertz CT molecular complexity index is 1780. The van der Waals surface area contributed by atoms with Crippen molar-refractivity contribution in [3.05, 3.63) is 94.7 Å². The number of amides is 1. The number of para-hydroxylation sites is 1. The molecule has 3 N–H and O–H groups in total. The Balaban J connectivity index is 1.27. The second kappa shape index (κ2) is 12.9. The highest BCUT2D eigenvalue weighted by Gasteiger charge is 2.34. The van der Waals surface area contributed by atoms with Crippen LogP contribution >= 0.6 is 0 Å². The molecule has 5 rings (SSSR count). The molecule has 11 heteroatoms. The number of anilines is 4. The highest BCUT2D eigenvalue weighted by Crippen LogP contribution is 2.41. The number of allylic oxidation sites excluding steroid dienone is 1. The average Bonchev–Trinajstić information content (AvgIpc) is 3.45. The summed E-state index contributed by atoms with van der Waals surface area (Å²) >= 11 is 0. The normalized spacial score (nSPS) is 14.8. The Morgan fingerprint density at radius 2 is 1.72 bits per heavy atom. The molecule has 0 unspecified atom stereocenters. The lowest BCUT2D eigenvalue weighted by atomic mass is 9.98. The van der Waals surface area contributed by atoms with Gasteiger partial charge in [-0.25, -0.2) is 0 Å². The number of carbonyl (C=O) groups is 3. The number of nitrogens with one attached hydrogen (secondary N) is 3. The van der Waals surface area contributed by atoms with E-state index in [-0.39, 0.29) is 11.6 Å². The monoisotopic (exact) mass is 627 g/mol. The van der Waals surface area contributed by atoms with Gasteiger partial charge in [0.15, 0.2) is 12.6 Å². The SMILES string of the molecule is CC(C)(N/C=C(/C#CC1CN(c2ccc(C=O)c(C=O)c2)C1)C=N)C(=O)Nc1cc(C(F)(F)F)ccc1N1CCc2ccccc21. The number of aldehydes is 2. The second-order valence-electron chi connectivity index (χ2n) is 11.6. The Hall–Kier alpha value is -5.37. The zero-order chi connectivity index (χ0) is 33.1. The highest BCUT2D eigenvalue weighted by atomic mass is 19.4. The van der Waals surface area contributed by atoms with E-state index < -0.39 is 23.2 Å². The van der Waals surface area contributed by atoms with Crippen LogP contribution in [0.15, 0.2) is 72.4 Å². The van der Waals surface area contributed by atoms with E-state index in [4.69, 9.17) is 5.41 Å². The fraction of sp³-hybridized carbons (Fsp3) is 0.257. The number of hydrogen-bond acceptors (Lipinski definition) is 7. The molecule has 0 aromatic heterocycles. The summed E-state index contributed by atoms with van der Waals surface area (Å²) in [5.41, 5.74) is 2.06. The molecule has 2 aliphatic heterocycles. The molecule has 1 fully saturated rings. The van der Waals surface area contributed by atoms with Gasteiger partial charge in [0.2, 0.25) is 5.91 Å². The molecule has 46 heavy (non-hydrogen) atoms. The molecule has 0 spiro atoms. The maximum atomic E-state index is 13.7. The fourth-order valence-corrected chi connectivity index (χ4v) is 5.29. The van der Waals surface area contributed by atoms with Crippen LogP contribution in [0.4, 0.5) is 35.9 Å². The van der Waals surface area contributed by atoms with Crippen molar-refractivity contribution < 1.29 is 27.6 Å². The standard InChI is InChI=1S/C35H32F3N5O3/c1-34(2,40-18-23(17-39)7-8-24-19-42(20-24)29-11-9-26(21-44)27(15-29)22-45)33(46)41-30-16-28(35(36,37)38)10-12-32(30)43-14-13-25-5-3-4-6-31(25)43/h3-6,9-12,15-18,21-22,24,39-40H,13-14,19-20H2,1-2H3,(H,41,46)/b23-18-,39-17?. The van der Waals surface area contributed by atoms with Crippen molar-refractivity contribution >= 4 is 47.4 Å². The van der Waals surface area contributed by atoms with Crippen LogP contribution in [0.1, 0.15) is 45.7 Å². The van der Waals surface area contributed by atoms with Gasteiger partial charge in [0.1, 0.15) is 5.54 Å². The van der Waals surface area contributed by atoms with E-state index in [9.17, 15) is 27.6 Å². The van der Waals surface area contributed by atoms with Crippen molar-refractivity contribution in [3.63, 3.8) is 0 Å². The second-order valence-corrected chi connectivity index (χ2v) is 11.6. The van der Waals surface area contributed by atoms with Crippen LogP contribution in [-0.2, 0) is 17.4 Å².